The number of aromatic amines is 1. The molecule has 0 bridgehead atoms. The SMILES string of the molecule is Cc1nc(C)c(CC(=O)N2CCCC[C@@H]2CCn2ccnc2C)c(=O)[nH]1. The first-order valence-corrected chi connectivity index (χ1v) is 9.29. The number of aryl methyl sites for hydroxylation is 4. The fraction of sp³-hybridized carbons (Fsp3) is 0.579. The van der Waals surface area contributed by atoms with E-state index in [9.17, 15) is 9.59 Å². The highest BCUT2D eigenvalue weighted by atomic mass is 16.2. The van der Waals surface area contributed by atoms with Crippen molar-refractivity contribution in [2.75, 3.05) is 6.54 Å². The van der Waals surface area contributed by atoms with Crippen molar-refractivity contribution in [3.63, 3.8) is 0 Å². The second-order valence-electron chi connectivity index (χ2n) is 7.09. The van der Waals surface area contributed by atoms with Gasteiger partial charge >= 0.3 is 0 Å². The molecule has 0 unspecified atom stereocenters. The van der Waals surface area contributed by atoms with Gasteiger partial charge in [0.15, 0.2) is 0 Å². The minimum atomic E-state index is -0.203. The lowest BCUT2D eigenvalue weighted by molar-refractivity contribution is -0.134. The number of aromatic nitrogens is 4. The Hall–Kier alpha value is -2.44. The number of rotatable bonds is 5. The molecule has 2 aromatic heterocycles. The molecule has 0 spiro atoms. The maximum absolute atomic E-state index is 12.9. The summed E-state index contributed by atoms with van der Waals surface area (Å²) in [5.74, 6) is 1.60. The summed E-state index contributed by atoms with van der Waals surface area (Å²) < 4.78 is 2.12. The predicted octanol–water partition coefficient (Wildman–Crippen LogP) is 1.91. The van der Waals surface area contributed by atoms with Gasteiger partial charge in [-0.3, -0.25) is 9.59 Å². The highest BCUT2D eigenvalue weighted by Gasteiger charge is 2.27. The average molecular weight is 357 g/mol. The highest BCUT2D eigenvalue weighted by molar-refractivity contribution is 5.79. The summed E-state index contributed by atoms with van der Waals surface area (Å²) in [4.78, 5) is 38.3. The number of nitrogens with one attached hydrogen (secondary N) is 1. The minimum Gasteiger partial charge on any atom is -0.339 e. The van der Waals surface area contributed by atoms with Crippen molar-refractivity contribution in [3.8, 4) is 0 Å². The molecule has 2 aromatic rings. The Bertz CT molecular complexity index is 839. The molecule has 26 heavy (non-hydrogen) atoms. The fourth-order valence-corrected chi connectivity index (χ4v) is 3.77. The number of hydrogen-bond donors (Lipinski definition) is 1. The van der Waals surface area contributed by atoms with Gasteiger partial charge in [-0.2, -0.15) is 0 Å². The zero-order chi connectivity index (χ0) is 18.7. The average Bonchev–Trinajstić information content (AvgIpc) is 3.01. The summed E-state index contributed by atoms with van der Waals surface area (Å²) in [7, 11) is 0. The van der Waals surface area contributed by atoms with Crippen LogP contribution in [0, 0.1) is 20.8 Å². The van der Waals surface area contributed by atoms with Gasteiger partial charge in [-0.15, -0.1) is 0 Å². The lowest BCUT2D eigenvalue weighted by Gasteiger charge is -2.36. The molecule has 3 heterocycles. The van der Waals surface area contributed by atoms with Gasteiger partial charge in [0.2, 0.25) is 5.91 Å². The van der Waals surface area contributed by atoms with Crippen LogP contribution in [0.3, 0.4) is 0 Å². The second kappa shape index (κ2) is 7.85. The Morgan fingerprint density at radius 2 is 2.12 bits per heavy atom. The molecule has 7 heteroatoms. The number of amides is 1. The summed E-state index contributed by atoms with van der Waals surface area (Å²) in [5, 5.41) is 0. The summed E-state index contributed by atoms with van der Waals surface area (Å²) in [6.07, 6.45) is 7.99. The van der Waals surface area contributed by atoms with Gasteiger partial charge in [0.05, 0.1) is 6.42 Å². The molecule has 1 atom stereocenters. The molecule has 1 aliphatic rings. The van der Waals surface area contributed by atoms with Crippen LogP contribution in [0.25, 0.3) is 0 Å². The maximum Gasteiger partial charge on any atom is 0.254 e. The number of carbonyl (C=O) groups is 1. The van der Waals surface area contributed by atoms with Crippen LogP contribution < -0.4 is 5.56 Å². The number of hydrogen-bond acceptors (Lipinski definition) is 4. The molecule has 7 nitrogen and oxygen atoms in total. The number of carbonyl (C=O) groups excluding carboxylic acids is 1. The van der Waals surface area contributed by atoms with Crippen molar-refractivity contribution in [1.29, 1.82) is 0 Å². The molecule has 3 rings (SSSR count). The van der Waals surface area contributed by atoms with Crippen LogP contribution in [0.1, 0.15) is 48.6 Å². The highest BCUT2D eigenvalue weighted by Crippen LogP contribution is 2.21. The number of likely N-dealkylation sites (tertiary alicyclic amines) is 1. The van der Waals surface area contributed by atoms with Crippen LogP contribution in [0.15, 0.2) is 17.2 Å². The number of H-pyrrole nitrogens is 1. The quantitative estimate of drug-likeness (QED) is 0.886. The van der Waals surface area contributed by atoms with E-state index in [4.69, 9.17) is 0 Å². The van der Waals surface area contributed by atoms with E-state index in [1.165, 1.54) is 0 Å². The predicted molar refractivity (Wildman–Crippen MR) is 99.0 cm³/mol. The van der Waals surface area contributed by atoms with E-state index in [0.717, 1.165) is 44.6 Å². The van der Waals surface area contributed by atoms with Gasteiger partial charge < -0.3 is 14.5 Å². The van der Waals surface area contributed by atoms with E-state index in [1.807, 2.05) is 18.0 Å². The van der Waals surface area contributed by atoms with E-state index < -0.39 is 0 Å². The first kappa shape index (κ1) is 18.4. The van der Waals surface area contributed by atoms with Crippen molar-refractivity contribution in [1.82, 2.24) is 24.4 Å². The summed E-state index contributed by atoms with van der Waals surface area (Å²) in [6.45, 7) is 7.15. The molecule has 1 fully saturated rings. The molecule has 0 radical (unpaired) electrons. The zero-order valence-electron chi connectivity index (χ0n) is 15.8. The zero-order valence-corrected chi connectivity index (χ0v) is 15.8. The molecular weight excluding hydrogens is 330 g/mol. The van der Waals surface area contributed by atoms with Crippen molar-refractivity contribution < 1.29 is 4.79 Å². The van der Waals surface area contributed by atoms with E-state index in [0.29, 0.717) is 17.1 Å². The van der Waals surface area contributed by atoms with E-state index in [2.05, 4.69) is 19.5 Å². The van der Waals surface area contributed by atoms with Crippen LogP contribution in [0.5, 0.6) is 0 Å². The first-order valence-electron chi connectivity index (χ1n) is 9.29. The van der Waals surface area contributed by atoms with Crippen LogP contribution >= 0.6 is 0 Å². The number of nitrogens with zero attached hydrogens (tertiary/aromatic N) is 4. The Labute approximate surface area is 153 Å². The molecule has 1 N–H and O–H groups in total. The third-order valence-electron chi connectivity index (χ3n) is 5.24. The van der Waals surface area contributed by atoms with E-state index in [1.54, 1.807) is 20.0 Å². The van der Waals surface area contributed by atoms with Crippen molar-refractivity contribution in [2.45, 2.75) is 65.5 Å². The van der Waals surface area contributed by atoms with Gasteiger partial charge in [-0.1, -0.05) is 0 Å². The van der Waals surface area contributed by atoms with Crippen molar-refractivity contribution in [3.05, 3.63) is 45.7 Å². The molecule has 1 aliphatic heterocycles. The molecule has 0 aliphatic carbocycles. The lowest BCUT2D eigenvalue weighted by atomic mass is 9.98. The Kier molecular flexibility index (Phi) is 5.54. The van der Waals surface area contributed by atoms with Crippen molar-refractivity contribution >= 4 is 5.91 Å². The summed E-state index contributed by atoms with van der Waals surface area (Å²) >= 11 is 0. The van der Waals surface area contributed by atoms with Crippen LogP contribution in [0.2, 0.25) is 0 Å². The van der Waals surface area contributed by atoms with Crippen molar-refractivity contribution in [2.24, 2.45) is 0 Å². The lowest BCUT2D eigenvalue weighted by Crippen LogP contribution is -2.45. The second-order valence-corrected chi connectivity index (χ2v) is 7.09. The topological polar surface area (TPSA) is 83.9 Å². The standard InChI is InChI=1S/C19H27N5O2/c1-13-17(19(26)22-14(2)21-13)12-18(25)24-9-5-4-6-16(24)7-10-23-11-8-20-15(23)3/h8,11,16H,4-7,9-10,12H2,1-3H3,(H,21,22,26)/t16-/m1/s1. The Morgan fingerprint density at radius 3 is 2.81 bits per heavy atom. The van der Waals surface area contributed by atoms with Gasteiger partial charge in [-0.25, -0.2) is 9.97 Å². The largest absolute Gasteiger partial charge is 0.339 e. The van der Waals surface area contributed by atoms with Gasteiger partial charge in [0.25, 0.3) is 5.56 Å². The Balaban J connectivity index is 1.70. The molecular formula is C19H27N5O2. The molecule has 0 saturated carbocycles. The summed E-state index contributed by atoms with van der Waals surface area (Å²) in [6, 6.07) is 0.218. The first-order chi connectivity index (χ1) is 12.5. The Morgan fingerprint density at radius 1 is 1.31 bits per heavy atom. The fourth-order valence-electron chi connectivity index (χ4n) is 3.77. The summed E-state index contributed by atoms with van der Waals surface area (Å²) in [5.41, 5.74) is 0.920. The molecule has 1 amide bonds. The van der Waals surface area contributed by atoms with Gasteiger partial charge in [0, 0.05) is 42.8 Å². The smallest absolute Gasteiger partial charge is 0.254 e. The van der Waals surface area contributed by atoms with Crippen LogP contribution in [-0.4, -0.2) is 42.9 Å². The van der Waals surface area contributed by atoms with Gasteiger partial charge in [-0.05, 0) is 46.5 Å². The van der Waals surface area contributed by atoms with Gasteiger partial charge in [0.1, 0.15) is 11.6 Å². The van der Waals surface area contributed by atoms with E-state index >= 15 is 0 Å². The molecule has 140 valence electrons. The number of imidazole rings is 1. The van der Waals surface area contributed by atoms with Crippen LogP contribution in [0.4, 0.5) is 0 Å². The third kappa shape index (κ3) is 4.03. The molecule has 0 aromatic carbocycles. The normalized spacial score (nSPS) is 17.5. The van der Waals surface area contributed by atoms with Crippen LogP contribution in [-0.2, 0) is 17.8 Å². The van der Waals surface area contributed by atoms with E-state index in [-0.39, 0.29) is 23.9 Å². The maximum atomic E-state index is 12.9. The molecule has 1 saturated heterocycles. The number of piperidine rings is 1. The minimum absolute atomic E-state index is 0.0244. The monoisotopic (exact) mass is 357 g/mol. The third-order valence-corrected chi connectivity index (χ3v) is 5.24.